The lowest BCUT2D eigenvalue weighted by Gasteiger charge is -2.41. The molecule has 0 amide bonds. The Kier molecular flexibility index (Phi) is 1.92. The smallest absolute Gasteiger partial charge is 0.0198 e. The van der Waals surface area contributed by atoms with Crippen molar-refractivity contribution in [1.82, 2.24) is 10.2 Å². The summed E-state index contributed by atoms with van der Waals surface area (Å²) in [5.74, 6) is 0. The second-order valence-corrected chi connectivity index (χ2v) is 5.21. The molecule has 1 N–H and O–H groups in total. The van der Waals surface area contributed by atoms with Crippen LogP contribution in [0.15, 0.2) is 0 Å². The topological polar surface area (TPSA) is 15.3 Å². The third-order valence-electron chi connectivity index (χ3n) is 3.17. The zero-order chi connectivity index (χ0) is 8.77. The van der Waals surface area contributed by atoms with E-state index in [2.05, 4.69) is 31.0 Å². The molecule has 2 unspecified atom stereocenters. The molecule has 2 saturated heterocycles. The van der Waals surface area contributed by atoms with Crippen LogP contribution >= 0.6 is 0 Å². The van der Waals surface area contributed by atoms with Gasteiger partial charge in [0.05, 0.1) is 0 Å². The van der Waals surface area contributed by atoms with Crippen LogP contribution in [-0.4, -0.2) is 35.6 Å². The SMILES string of the molecule is CC(C)(C)N1CC2CCC(C1)N2. The Morgan fingerprint density at radius 1 is 1.08 bits per heavy atom. The molecular weight excluding hydrogens is 148 g/mol. The first-order chi connectivity index (χ1) is 5.55. The number of fused-ring (bicyclic) bond motifs is 2. The van der Waals surface area contributed by atoms with Crippen molar-refractivity contribution in [3.63, 3.8) is 0 Å². The summed E-state index contributed by atoms with van der Waals surface area (Å²) in [7, 11) is 0. The third-order valence-corrected chi connectivity index (χ3v) is 3.17. The van der Waals surface area contributed by atoms with E-state index < -0.39 is 0 Å². The van der Waals surface area contributed by atoms with Gasteiger partial charge in [0.2, 0.25) is 0 Å². The minimum atomic E-state index is 0.364. The molecule has 0 spiro atoms. The van der Waals surface area contributed by atoms with Crippen LogP contribution in [0.3, 0.4) is 0 Å². The van der Waals surface area contributed by atoms with Crippen molar-refractivity contribution in [2.75, 3.05) is 13.1 Å². The molecule has 0 aromatic carbocycles. The minimum absolute atomic E-state index is 0.364. The zero-order valence-corrected chi connectivity index (χ0v) is 8.43. The molecule has 0 saturated carbocycles. The predicted octanol–water partition coefficient (Wildman–Crippen LogP) is 1.22. The third kappa shape index (κ3) is 1.50. The van der Waals surface area contributed by atoms with Crippen LogP contribution in [0.25, 0.3) is 0 Å². The fourth-order valence-electron chi connectivity index (χ4n) is 2.34. The average Bonchev–Trinajstić information content (AvgIpc) is 2.28. The number of likely N-dealkylation sites (tertiary alicyclic amines) is 1. The fourth-order valence-corrected chi connectivity index (χ4v) is 2.34. The van der Waals surface area contributed by atoms with E-state index >= 15 is 0 Å². The molecule has 0 aromatic rings. The molecule has 2 bridgehead atoms. The standard InChI is InChI=1S/C10H20N2/c1-10(2,3)12-6-8-4-5-9(7-12)11-8/h8-9,11H,4-7H2,1-3H3. The molecule has 2 rings (SSSR count). The average molecular weight is 168 g/mol. The van der Waals surface area contributed by atoms with Crippen LogP contribution in [0.4, 0.5) is 0 Å². The van der Waals surface area contributed by atoms with E-state index in [1.54, 1.807) is 0 Å². The Bertz CT molecular complexity index is 159. The molecule has 2 heteroatoms. The monoisotopic (exact) mass is 168 g/mol. The van der Waals surface area contributed by atoms with Gasteiger partial charge in [0.15, 0.2) is 0 Å². The van der Waals surface area contributed by atoms with Crippen molar-refractivity contribution in [1.29, 1.82) is 0 Å². The number of nitrogens with one attached hydrogen (secondary N) is 1. The highest BCUT2D eigenvalue weighted by molar-refractivity contribution is 4.96. The summed E-state index contributed by atoms with van der Waals surface area (Å²) in [5, 5.41) is 3.65. The van der Waals surface area contributed by atoms with Gasteiger partial charge in [-0.15, -0.1) is 0 Å². The van der Waals surface area contributed by atoms with Gasteiger partial charge in [-0.1, -0.05) is 0 Å². The van der Waals surface area contributed by atoms with Crippen molar-refractivity contribution >= 4 is 0 Å². The summed E-state index contributed by atoms with van der Waals surface area (Å²) in [4.78, 5) is 2.62. The summed E-state index contributed by atoms with van der Waals surface area (Å²) < 4.78 is 0. The van der Waals surface area contributed by atoms with Crippen LogP contribution < -0.4 is 5.32 Å². The van der Waals surface area contributed by atoms with Crippen LogP contribution in [0.2, 0.25) is 0 Å². The normalized spacial score (nSPS) is 37.2. The largest absolute Gasteiger partial charge is 0.309 e. The second kappa shape index (κ2) is 2.71. The van der Waals surface area contributed by atoms with E-state index in [0.29, 0.717) is 5.54 Å². The maximum absolute atomic E-state index is 3.65. The van der Waals surface area contributed by atoms with Gasteiger partial charge in [-0.05, 0) is 33.6 Å². The van der Waals surface area contributed by atoms with Gasteiger partial charge in [-0.2, -0.15) is 0 Å². The number of hydrogen-bond acceptors (Lipinski definition) is 2. The Balaban J connectivity index is 2.03. The van der Waals surface area contributed by atoms with E-state index in [0.717, 1.165) is 12.1 Å². The number of rotatable bonds is 0. The summed E-state index contributed by atoms with van der Waals surface area (Å²) in [6.45, 7) is 9.45. The van der Waals surface area contributed by atoms with Gasteiger partial charge < -0.3 is 5.32 Å². The summed E-state index contributed by atoms with van der Waals surface area (Å²) in [6, 6.07) is 1.56. The van der Waals surface area contributed by atoms with Crippen LogP contribution in [-0.2, 0) is 0 Å². The molecule has 2 aliphatic rings. The zero-order valence-electron chi connectivity index (χ0n) is 8.43. The Morgan fingerprint density at radius 2 is 1.58 bits per heavy atom. The Morgan fingerprint density at radius 3 is 2.00 bits per heavy atom. The molecule has 0 aliphatic carbocycles. The fraction of sp³-hybridized carbons (Fsp3) is 1.00. The van der Waals surface area contributed by atoms with Gasteiger partial charge in [-0.3, -0.25) is 4.90 Å². The van der Waals surface area contributed by atoms with Crippen molar-refractivity contribution in [3.05, 3.63) is 0 Å². The van der Waals surface area contributed by atoms with Crippen LogP contribution in [0, 0.1) is 0 Å². The quantitative estimate of drug-likeness (QED) is 0.585. The van der Waals surface area contributed by atoms with Gasteiger partial charge in [-0.25, -0.2) is 0 Å². The molecule has 2 heterocycles. The van der Waals surface area contributed by atoms with Gasteiger partial charge in [0.1, 0.15) is 0 Å². The molecule has 0 radical (unpaired) electrons. The van der Waals surface area contributed by atoms with Crippen molar-refractivity contribution in [2.45, 2.75) is 51.2 Å². The van der Waals surface area contributed by atoms with Crippen molar-refractivity contribution in [3.8, 4) is 0 Å². The molecule has 12 heavy (non-hydrogen) atoms. The molecule has 2 aliphatic heterocycles. The van der Waals surface area contributed by atoms with Gasteiger partial charge in [0.25, 0.3) is 0 Å². The summed E-state index contributed by atoms with van der Waals surface area (Å²) in [5.41, 5.74) is 0.364. The van der Waals surface area contributed by atoms with Crippen LogP contribution in [0.1, 0.15) is 33.6 Å². The lowest BCUT2D eigenvalue weighted by Crippen LogP contribution is -2.57. The molecular formula is C10H20N2. The number of hydrogen-bond donors (Lipinski definition) is 1. The Hall–Kier alpha value is -0.0800. The maximum atomic E-state index is 3.65. The highest BCUT2D eigenvalue weighted by atomic mass is 15.3. The molecule has 70 valence electrons. The van der Waals surface area contributed by atoms with Crippen molar-refractivity contribution in [2.24, 2.45) is 0 Å². The molecule has 2 nitrogen and oxygen atoms in total. The van der Waals surface area contributed by atoms with Gasteiger partial charge in [0, 0.05) is 30.7 Å². The highest BCUT2D eigenvalue weighted by Crippen LogP contribution is 2.25. The van der Waals surface area contributed by atoms with Gasteiger partial charge >= 0.3 is 0 Å². The number of nitrogens with zero attached hydrogens (tertiary/aromatic N) is 1. The first kappa shape index (κ1) is 8.52. The second-order valence-electron chi connectivity index (χ2n) is 5.21. The lowest BCUT2D eigenvalue weighted by atomic mass is 10.0. The van der Waals surface area contributed by atoms with E-state index in [1.165, 1.54) is 25.9 Å². The molecule has 0 aromatic heterocycles. The van der Waals surface area contributed by atoms with E-state index in [4.69, 9.17) is 0 Å². The highest BCUT2D eigenvalue weighted by Gasteiger charge is 2.36. The minimum Gasteiger partial charge on any atom is -0.309 e. The molecule has 2 atom stereocenters. The summed E-state index contributed by atoms with van der Waals surface area (Å²) >= 11 is 0. The van der Waals surface area contributed by atoms with E-state index in [9.17, 15) is 0 Å². The Labute approximate surface area is 75.3 Å². The first-order valence-corrected chi connectivity index (χ1v) is 5.07. The molecule has 2 fully saturated rings. The number of piperazine rings is 1. The summed E-state index contributed by atoms with van der Waals surface area (Å²) in [6.07, 6.45) is 2.77. The van der Waals surface area contributed by atoms with E-state index in [1.807, 2.05) is 0 Å². The maximum Gasteiger partial charge on any atom is 0.0198 e. The van der Waals surface area contributed by atoms with E-state index in [-0.39, 0.29) is 0 Å². The predicted molar refractivity (Wildman–Crippen MR) is 51.3 cm³/mol. The van der Waals surface area contributed by atoms with Crippen LogP contribution in [0.5, 0.6) is 0 Å². The first-order valence-electron chi connectivity index (χ1n) is 5.07. The van der Waals surface area contributed by atoms with Crippen molar-refractivity contribution < 1.29 is 0 Å². The lowest BCUT2D eigenvalue weighted by molar-refractivity contribution is 0.0927.